The Bertz CT molecular complexity index is 702. The summed E-state index contributed by atoms with van der Waals surface area (Å²) in [5.74, 6) is 1.13. The predicted octanol–water partition coefficient (Wildman–Crippen LogP) is 3.36. The molecule has 1 aliphatic heterocycles. The van der Waals surface area contributed by atoms with E-state index in [0.717, 1.165) is 25.0 Å². The second-order valence-electron chi connectivity index (χ2n) is 7.88. The summed E-state index contributed by atoms with van der Waals surface area (Å²) in [5.41, 5.74) is 2.83. The maximum Gasteiger partial charge on any atom is 0.333 e. The molecule has 2 heterocycles. The summed E-state index contributed by atoms with van der Waals surface area (Å²) in [7, 11) is 0. The number of hydrogen-bond donors (Lipinski definition) is 0. The van der Waals surface area contributed by atoms with E-state index in [9.17, 15) is 4.79 Å². The minimum atomic E-state index is -0.318. The molecule has 0 radical (unpaired) electrons. The Kier molecular flexibility index (Phi) is 2.94. The molecule has 4 nitrogen and oxygen atoms in total. The number of rotatable bonds is 2. The topological polar surface area (TPSA) is 52.0 Å². The van der Waals surface area contributed by atoms with Crippen molar-refractivity contribution in [2.45, 2.75) is 64.8 Å². The van der Waals surface area contributed by atoms with E-state index < -0.39 is 0 Å². The average Bonchev–Trinajstić information content (AvgIpc) is 3.12. The second kappa shape index (κ2) is 4.50. The van der Waals surface area contributed by atoms with Gasteiger partial charge in [0.2, 0.25) is 0 Å². The zero-order chi connectivity index (χ0) is 16.6. The number of ether oxygens (including phenoxy) is 2. The molecule has 1 aromatic rings. The van der Waals surface area contributed by atoms with Crippen LogP contribution in [0.1, 0.15) is 44.1 Å². The van der Waals surface area contributed by atoms with Crippen molar-refractivity contribution in [2.24, 2.45) is 11.3 Å². The van der Waals surface area contributed by atoms with Crippen molar-refractivity contribution >= 4 is 5.97 Å². The molecule has 1 saturated carbocycles. The van der Waals surface area contributed by atoms with E-state index in [1.807, 2.05) is 6.26 Å². The molecule has 1 aromatic heterocycles. The number of aryl methyl sites for hydroxylation is 1. The molecule has 4 rings (SSSR count). The van der Waals surface area contributed by atoms with Gasteiger partial charge in [0.1, 0.15) is 23.6 Å². The number of furan rings is 1. The van der Waals surface area contributed by atoms with E-state index in [2.05, 4.69) is 27.4 Å². The van der Waals surface area contributed by atoms with Gasteiger partial charge in [0, 0.05) is 17.4 Å². The standard InChI is InChI=1S/C19H24O4/c1-10(2)17(20)22-14-6-12(4)18(5)7-13-11(3)9-21-15(13)8-19(18)16(14)23-19/h9,12,14,16H,1,6-8H2,2-5H3. The summed E-state index contributed by atoms with van der Waals surface area (Å²) in [5, 5.41) is 0. The van der Waals surface area contributed by atoms with E-state index >= 15 is 0 Å². The highest BCUT2D eigenvalue weighted by Crippen LogP contribution is 2.65. The number of fused-ring (bicyclic) bond motifs is 1. The maximum atomic E-state index is 11.9. The van der Waals surface area contributed by atoms with E-state index in [4.69, 9.17) is 13.9 Å². The van der Waals surface area contributed by atoms with Crippen LogP contribution in [0.2, 0.25) is 0 Å². The lowest BCUT2D eigenvalue weighted by atomic mass is 9.54. The Balaban J connectivity index is 1.66. The van der Waals surface area contributed by atoms with Crippen LogP contribution in [0.5, 0.6) is 0 Å². The van der Waals surface area contributed by atoms with Crippen LogP contribution in [0.4, 0.5) is 0 Å². The third-order valence-electron chi connectivity index (χ3n) is 6.48. The number of hydrogen-bond acceptors (Lipinski definition) is 4. The van der Waals surface area contributed by atoms with Crippen molar-refractivity contribution in [3.63, 3.8) is 0 Å². The van der Waals surface area contributed by atoms with Gasteiger partial charge in [-0.15, -0.1) is 0 Å². The first kappa shape index (κ1) is 15.0. The highest BCUT2D eigenvalue weighted by molar-refractivity contribution is 5.87. The van der Waals surface area contributed by atoms with Gasteiger partial charge in [0.15, 0.2) is 0 Å². The smallest absolute Gasteiger partial charge is 0.333 e. The maximum absolute atomic E-state index is 11.9. The Morgan fingerprint density at radius 2 is 2.17 bits per heavy atom. The van der Waals surface area contributed by atoms with Gasteiger partial charge < -0.3 is 13.9 Å². The van der Waals surface area contributed by atoms with Crippen molar-refractivity contribution in [3.8, 4) is 0 Å². The molecule has 3 aliphatic rings. The molecular formula is C19H24O4. The first-order valence-electron chi connectivity index (χ1n) is 8.38. The molecule has 23 heavy (non-hydrogen) atoms. The van der Waals surface area contributed by atoms with Crippen molar-refractivity contribution in [2.75, 3.05) is 0 Å². The van der Waals surface area contributed by atoms with Gasteiger partial charge in [-0.3, -0.25) is 0 Å². The summed E-state index contributed by atoms with van der Waals surface area (Å²) in [6.07, 6.45) is 4.24. The zero-order valence-electron chi connectivity index (χ0n) is 14.3. The van der Waals surface area contributed by atoms with Crippen LogP contribution in [0.3, 0.4) is 0 Å². The average molecular weight is 316 g/mol. The lowest BCUT2D eigenvalue weighted by Gasteiger charge is -2.48. The fraction of sp³-hybridized carbons (Fsp3) is 0.632. The SMILES string of the molecule is C=C(C)C(=O)OC1CC(C)C2(C)Cc3c(C)coc3CC23OC13. The molecule has 0 bridgehead atoms. The molecule has 4 heteroatoms. The van der Waals surface area contributed by atoms with Crippen LogP contribution in [0.25, 0.3) is 0 Å². The first-order chi connectivity index (χ1) is 10.8. The highest BCUT2D eigenvalue weighted by atomic mass is 16.6. The summed E-state index contributed by atoms with van der Waals surface area (Å²) in [4.78, 5) is 11.9. The zero-order valence-corrected chi connectivity index (χ0v) is 14.3. The highest BCUT2D eigenvalue weighted by Gasteiger charge is 2.75. The van der Waals surface area contributed by atoms with Crippen LogP contribution in [0.15, 0.2) is 22.8 Å². The van der Waals surface area contributed by atoms with Gasteiger partial charge in [0.25, 0.3) is 0 Å². The quantitative estimate of drug-likeness (QED) is 0.477. The lowest BCUT2D eigenvalue weighted by molar-refractivity contribution is -0.148. The minimum Gasteiger partial charge on any atom is -0.469 e. The van der Waals surface area contributed by atoms with Crippen molar-refractivity contribution < 1.29 is 18.7 Å². The molecule has 0 N–H and O–H groups in total. The predicted molar refractivity (Wildman–Crippen MR) is 85.0 cm³/mol. The van der Waals surface area contributed by atoms with Crippen molar-refractivity contribution in [1.82, 2.24) is 0 Å². The Hall–Kier alpha value is -1.55. The second-order valence-corrected chi connectivity index (χ2v) is 7.88. The molecule has 124 valence electrons. The molecule has 0 amide bonds. The minimum absolute atomic E-state index is 0.0226. The fourth-order valence-electron chi connectivity index (χ4n) is 4.71. The van der Waals surface area contributed by atoms with Crippen molar-refractivity contribution in [1.29, 1.82) is 0 Å². The third kappa shape index (κ3) is 1.84. The summed E-state index contributed by atoms with van der Waals surface area (Å²) >= 11 is 0. The molecule has 1 spiro atoms. The van der Waals surface area contributed by atoms with Gasteiger partial charge >= 0.3 is 5.97 Å². The fourth-order valence-corrected chi connectivity index (χ4v) is 4.71. The molecule has 1 saturated heterocycles. The van der Waals surface area contributed by atoms with Crippen LogP contribution < -0.4 is 0 Å². The van der Waals surface area contributed by atoms with Gasteiger partial charge in [-0.05, 0) is 43.7 Å². The van der Waals surface area contributed by atoms with E-state index in [1.54, 1.807) is 6.92 Å². The molecular weight excluding hydrogens is 292 g/mol. The Morgan fingerprint density at radius 1 is 1.43 bits per heavy atom. The molecule has 2 fully saturated rings. The van der Waals surface area contributed by atoms with Gasteiger partial charge in [-0.2, -0.15) is 0 Å². The molecule has 5 unspecified atom stereocenters. The van der Waals surface area contributed by atoms with E-state index in [0.29, 0.717) is 11.5 Å². The van der Waals surface area contributed by atoms with Crippen LogP contribution in [-0.2, 0) is 27.1 Å². The monoisotopic (exact) mass is 316 g/mol. The lowest BCUT2D eigenvalue weighted by Crippen LogP contribution is -2.55. The Labute approximate surface area is 136 Å². The number of carbonyl (C=O) groups is 1. The van der Waals surface area contributed by atoms with Crippen molar-refractivity contribution in [3.05, 3.63) is 35.3 Å². The van der Waals surface area contributed by atoms with Gasteiger partial charge in [0.05, 0.1) is 6.26 Å². The van der Waals surface area contributed by atoms with Crippen LogP contribution in [-0.4, -0.2) is 23.8 Å². The van der Waals surface area contributed by atoms with Crippen LogP contribution >= 0.6 is 0 Å². The molecule has 2 aliphatic carbocycles. The summed E-state index contributed by atoms with van der Waals surface area (Å²) in [6, 6.07) is 0. The number of esters is 1. The number of carbonyl (C=O) groups excluding carboxylic acids is 1. The van der Waals surface area contributed by atoms with Gasteiger partial charge in [-0.1, -0.05) is 20.4 Å². The summed E-state index contributed by atoms with van der Waals surface area (Å²) in [6.45, 7) is 12.0. The Morgan fingerprint density at radius 3 is 2.87 bits per heavy atom. The van der Waals surface area contributed by atoms with E-state index in [1.165, 1.54) is 11.1 Å². The normalized spacial score (nSPS) is 40.6. The summed E-state index contributed by atoms with van der Waals surface area (Å²) < 4.78 is 17.7. The molecule has 5 atom stereocenters. The number of epoxide rings is 1. The van der Waals surface area contributed by atoms with E-state index in [-0.39, 0.29) is 29.2 Å². The largest absolute Gasteiger partial charge is 0.469 e. The van der Waals surface area contributed by atoms with Gasteiger partial charge in [-0.25, -0.2) is 4.79 Å². The molecule has 0 aromatic carbocycles. The first-order valence-corrected chi connectivity index (χ1v) is 8.38. The third-order valence-corrected chi connectivity index (χ3v) is 6.48. The van der Waals surface area contributed by atoms with Crippen LogP contribution in [0, 0.1) is 18.3 Å².